The van der Waals surface area contributed by atoms with Crippen molar-refractivity contribution in [3.63, 3.8) is 0 Å². The lowest BCUT2D eigenvalue weighted by molar-refractivity contribution is 0.143. The molecule has 3 heterocycles. The summed E-state index contributed by atoms with van der Waals surface area (Å²) in [6.07, 6.45) is 8.80. The lowest BCUT2D eigenvalue weighted by atomic mass is 9.94. The molecule has 1 aliphatic heterocycles. The molecule has 2 aromatic rings. The highest BCUT2D eigenvalue weighted by Crippen LogP contribution is 2.25. The second kappa shape index (κ2) is 8.22. The van der Waals surface area contributed by atoms with E-state index in [1.54, 1.807) is 23.4 Å². The second-order valence-electron chi connectivity index (χ2n) is 7.76. The predicted octanol–water partition coefficient (Wildman–Crippen LogP) is 3.84. The van der Waals surface area contributed by atoms with E-state index in [2.05, 4.69) is 36.1 Å². The molecule has 3 rings (SSSR count). The zero-order valence-corrected chi connectivity index (χ0v) is 16.8. The Morgan fingerprint density at radius 1 is 1.33 bits per heavy atom. The summed E-state index contributed by atoms with van der Waals surface area (Å²) in [4.78, 5) is 23.5. The van der Waals surface area contributed by atoms with Gasteiger partial charge in [0.05, 0.1) is 6.20 Å². The quantitative estimate of drug-likeness (QED) is 0.828. The number of likely N-dealkylation sites (tertiary alicyclic amines) is 1. The monoisotopic (exact) mass is 390 g/mol. The van der Waals surface area contributed by atoms with Crippen LogP contribution in [0.15, 0.2) is 16.8 Å². The Bertz CT molecular complexity index is 798. The molecule has 146 valence electrons. The number of carbonyl (C=O) groups excluding carboxylic acids is 1. The average molecular weight is 391 g/mol. The zero-order chi connectivity index (χ0) is 19.4. The summed E-state index contributed by atoms with van der Waals surface area (Å²) in [5.74, 6) is 1.69. The molecule has 27 heavy (non-hydrogen) atoms. The minimum absolute atomic E-state index is 0.0767. The molecule has 0 aliphatic carbocycles. The number of oxazole rings is 1. The van der Waals surface area contributed by atoms with Crippen LogP contribution in [-0.4, -0.2) is 45.7 Å². The van der Waals surface area contributed by atoms with Crippen molar-refractivity contribution in [1.29, 1.82) is 0 Å². The first kappa shape index (κ1) is 19.6. The van der Waals surface area contributed by atoms with Gasteiger partial charge in [-0.3, -0.25) is 5.32 Å². The lowest BCUT2D eigenvalue weighted by Gasteiger charge is -2.30. The summed E-state index contributed by atoms with van der Waals surface area (Å²) in [7, 11) is 0. The Labute approximate surface area is 163 Å². The molecule has 2 N–H and O–H groups in total. The maximum absolute atomic E-state index is 12.3. The molecule has 2 aromatic heterocycles. The molecule has 1 fully saturated rings. The van der Waals surface area contributed by atoms with Crippen LogP contribution in [0.3, 0.4) is 0 Å². The summed E-state index contributed by atoms with van der Waals surface area (Å²) < 4.78 is 5.73. The van der Waals surface area contributed by atoms with E-state index in [-0.39, 0.29) is 18.1 Å². The number of carbonyl (C=O) groups is 1. The van der Waals surface area contributed by atoms with E-state index in [0.717, 1.165) is 23.5 Å². The smallest absolute Gasteiger partial charge is 0.323 e. The van der Waals surface area contributed by atoms with Crippen molar-refractivity contribution in [1.82, 2.24) is 14.9 Å². The molecule has 2 amide bonds. The van der Waals surface area contributed by atoms with Crippen LogP contribution < -0.4 is 5.32 Å². The van der Waals surface area contributed by atoms with E-state index < -0.39 is 0 Å². The van der Waals surface area contributed by atoms with Gasteiger partial charge in [-0.25, -0.2) is 14.8 Å². The standard InChI is InChI=1S/C19H26N4O3S/c1-19(2,3)15-11-20-16(26-15)5-4-14-10-21-17(27-14)22-18(25)23-8-6-13(12-24)7-9-23/h4-5,10-11,13,24H,6-9,12H2,1-3H3,(H,21,22,25). The first-order valence-corrected chi connectivity index (χ1v) is 9.94. The fourth-order valence-electron chi connectivity index (χ4n) is 2.78. The minimum atomic E-state index is -0.140. The highest BCUT2D eigenvalue weighted by atomic mass is 32.1. The van der Waals surface area contributed by atoms with Crippen molar-refractivity contribution in [2.24, 2.45) is 5.92 Å². The van der Waals surface area contributed by atoms with Gasteiger partial charge in [-0.15, -0.1) is 0 Å². The summed E-state index contributed by atoms with van der Waals surface area (Å²) in [6.45, 7) is 7.74. The van der Waals surface area contributed by atoms with E-state index in [0.29, 0.717) is 30.0 Å². The van der Waals surface area contributed by atoms with E-state index >= 15 is 0 Å². The van der Waals surface area contributed by atoms with Gasteiger partial charge in [0, 0.05) is 42.3 Å². The highest BCUT2D eigenvalue weighted by molar-refractivity contribution is 7.16. The Balaban J connectivity index is 1.55. The molecule has 7 nitrogen and oxygen atoms in total. The highest BCUT2D eigenvalue weighted by Gasteiger charge is 2.23. The van der Waals surface area contributed by atoms with Crippen molar-refractivity contribution >= 4 is 34.7 Å². The van der Waals surface area contributed by atoms with Crippen molar-refractivity contribution in [3.8, 4) is 0 Å². The number of hydrogen-bond acceptors (Lipinski definition) is 6. The van der Waals surface area contributed by atoms with Gasteiger partial charge >= 0.3 is 6.03 Å². The maximum Gasteiger partial charge on any atom is 0.323 e. The van der Waals surface area contributed by atoms with Gasteiger partial charge in [0.2, 0.25) is 5.89 Å². The van der Waals surface area contributed by atoms with Gasteiger partial charge in [0.25, 0.3) is 0 Å². The summed E-state index contributed by atoms with van der Waals surface area (Å²) in [6, 6.07) is -0.140. The number of urea groups is 1. The average Bonchev–Trinajstić information content (AvgIpc) is 3.29. The van der Waals surface area contributed by atoms with Gasteiger partial charge in [-0.1, -0.05) is 32.1 Å². The number of nitrogens with one attached hydrogen (secondary N) is 1. The van der Waals surface area contributed by atoms with Crippen LogP contribution >= 0.6 is 11.3 Å². The van der Waals surface area contributed by atoms with Crippen molar-refractivity contribution in [2.45, 2.75) is 39.0 Å². The van der Waals surface area contributed by atoms with Crippen molar-refractivity contribution in [2.75, 3.05) is 25.0 Å². The van der Waals surface area contributed by atoms with Crippen LogP contribution in [0.4, 0.5) is 9.93 Å². The normalized spacial score (nSPS) is 16.2. The number of aliphatic hydroxyl groups is 1. The Morgan fingerprint density at radius 2 is 2.07 bits per heavy atom. The van der Waals surface area contributed by atoms with Crippen molar-refractivity contribution < 1.29 is 14.3 Å². The molecule has 0 aromatic carbocycles. The minimum Gasteiger partial charge on any atom is -0.441 e. The number of amides is 2. The molecular formula is C19H26N4O3S. The molecular weight excluding hydrogens is 364 g/mol. The first-order chi connectivity index (χ1) is 12.8. The Morgan fingerprint density at radius 3 is 2.70 bits per heavy atom. The van der Waals surface area contributed by atoms with Gasteiger partial charge in [0.1, 0.15) is 5.76 Å². The Hall–Kier alpha value is -2.19. The molecule has 0 bridgehead atoms. The van der Waals surface area contributed by atoms with Crippen LogP contribution in [0.5, 0.6) is 0 Å². The summed E-state index contributed by atoms with van der Waals surface area (Å²) in [5.41, 5.74) is -0.0767. The molecule has 1 aliphatic rings. The molecule has 8 heteroatoms. The fourth-order valence-corrected chi connectivity index (χ4v) is 3.48. The van der Waals surface area contributed by atoms with Crippen LogP contribution in [0.1, 0.15) is 50.1 Å². The fraction of sp³-hybridized carbons (Fsp3) is 0.526. The van der Waals surface area contributed by atoms with Crippen LogP contribution in [0.25, 0.3) is 12.2 Å². The molecule has 0 atom stereocenters. The van der Waals surface area contributed by atoms with E-state index in [9.17, 15) is 9.90 Å². The van der Waals surface area contributed by atoms with Gasteiger partial charge in [0.15, 0.2) is 5.13 Å². The number of piperidine rings is 1. The number of aliphatic hydroxyl groups excluding tert-OH is 1. The molecule has 0 saturated carbocycles. The number of thiazole rings is 1. The number of anilines is 1. The van der Waals surface area contributed by atoms with E-state index in [1.165, 1.54) is 11.3 Å². The number of rotatable bonds is 4. The molecule has 0 radical (unpaired) electrons. The summed E-state index contributed by atoms with van der Waals surface area (Å²) in [5, 5.41) is 12.6. The third-order valence-electron chi connectivity index (χ3n) is 4.55. The number of hydrogen-bond donors (Lipinski definition) is 2. The maximum atomic E-state index is 12.3. The van der Waals surface area contributed by atoms with Crippen LogP contribution in [-0.2, 0) is 5.41 Å². The predicted molar refractivity (Wildman–Crippen MR) is 107 cm³/mol. The van der Waals surface area contributed by atoms with E-state index in [1.807, 2.05) is 6.08 Å². The number of aromatic nitrogens is 2. The topological polar surface area (TPSA) is 91.5 Å². The molecule has 1 saturated heterocycles. The third kappa shape index (κ3) is 5.17. The number of nitrogens with zero attached hydrogens (tertiary/aromatic N) is 3. The third-order valence-corrected chi connectivity index (χ3v) is 5.43. The van der Waals surface area contributed by atoms with Gasteiger partial charge in [-0.2, -0.15) is 0 Å². The first-order valence-electron chi connectivity index (χ1n) is 9.12. The second-order valence-corrected chi connectivity index (χ2v) is 8.82. The summed E-state index contributed by atoms with van der Waals surface area (Å²) >= 11 is 1.40. The van der Waals surface area contributed by atoms with Crippen LogP contribution in [0, 0.1) is 5.92 Å². The van der Waals surface area contributed by atoms with Gasteiger partial charge in [-0.05, 0) is 24.8 Å². The SMILES string of the molecule is CC(C)(C)c1cnc(C=Cc2cnc(NC(=O)N3CCC(CO)CC3)s2)o1. The Kier molecular flexibility index (Phi) is 5.96. The van der Waals surface area contributed by atoms with Crippen LogP contribution in [0.2, 0.25) is 0 Å². The largest absolute Gasteiger partial charge is 0.441 e. The zero-order valence-electron chi connectivity index (χ0n) is 15.9. The van der Waals surface area contributed by atoms with Crippen molar-refractivity contribution in [3.05, 3.63) is 28.9 Å². The van der Waals surface area contributed by atoms with E-state index in [4.69, 9.17) is 4.42 Å². The molecule has 0 spiro atoms. The molecule has 0 unspecified atom stereocenters. The van der Waals surface area contributed by atoms with Gasteiger partial charge < -0.3 is 14.4 Å². The lowest BCUT2D eigenvalue weighted by Crippen LogP contribution is -2.41.